The van der Waals surface area contributed by atoms with Crippen LogP contribution in [0.2, 0.25) is 0 Å². The molecule has 17 heavy (non-hydrogen) atoms. The second kappa shape index (κ2) is 4.92. The van der Waals surface area contributed by atoms with Crippen LogP contribution in [-0.2, 0) is 11.3 Å². The summed E-state index contributed by atoms with van der Waals surface area (Å²) in [5, 5.41) is 0. The van der Waals surface area contributed by atoms with Gasteiger partial charge in [0, 0.05) is 7.05 Å². The van der Waals surface area contributed by atoms with Gasteiger partial charge in [0.15, 0.2) is 0 Å². The molecule has 0 saturated heterocycles. The lowest BCUT2D eigenvalue weighted by Crippen LogP contribution is -2.48. The number of hydrogen-bond donors (Lipinski definition) is 1. The third kappa shape index (κ3) is 3.60. The Morgan fingerprint density at radius 2 is 2.06 bits per heavy atom. The SMILES string of the molecule is Cc1ccc(CN(C)C(=O)C(N)C(C)(C)C)o1. The number of rotatable bonds is 3. The van der Waals surface area contributed by atoms with Crippen molar-refractivity contribution in [2.75, 3.05) is 7.05 Å². The fourth-order valence-corrected chi connectivity index (χ4v) is 1.49. The minimum Gasteiger partial charge on any atom is -0.464 e. The summed E-state index contributed by atoms with van der Waals surface area (Å²) in [7, 11) is 1.74. The van der Waals surface area contributed by atoms with Crippen LogP contribution in [-0.4, -0.2) is 23.9 Å². The lowest BCUT2D eigenvalue weighted by Gasteiger charge is -2.29. The zero-order valence-electron chi connectivity index (χ0n) is 11.3. The van der Waals surface area contributed by atoms with E-state index in [1.807, 2.05) is 39.8 Å². The molecule has 0 aromatic carbocycles. The van der Waals surface area contributed by atoms with Gasteiger partial charge in [-0.1, -0.05) is 20.8 Å². The van der Waals surface area contributed by atoms with E-state index in [0.717, 1.165) is 11.5 Å². The summed E-state index contributed by atoms with van der Waals surface area (Å²) in [6, 6.07) is 3.27. The standard InChI is InChI=1S/C13H22N2O2/c1-9-6-7-10(17-9)8-15(5)12(16)11(14)13(2,3)4/h6-7,11H,8,14H2,1-5H3. The molecular weight excluding hydrogens is 216 g/mol. The summed E-state index contributed by atoms with van der Waals surface area (Å²) in [4.78, 5) is 13.7. The normalized spacial score (nSPS) is 13.5. The van der Waals surface area contributed by atoms with Gasteiger partial charge in [0.2, 0.25) is 5.91 Å². The number of carbonyl (C=O) groups excluding carboxylic acids is 1. The number of likely N-dealkylation sites (N-methyl/N-ethyl adjacent to an activating group) is 1. The minimum atomic E-state index is -0.497. The molecule has 96 valence electrons. The molecule has 0 aliphatic rings. The van der Waals surface area contributed by atoms with Crippen molar-refractivity contribution in [3.05, 3.63) is 23.7 Å². The van der Waals surface area contributed by atoms with Crippen LogP contribution in [0.3, 0.4) is 0 Å². The van der Waals surface area contributed by atoms with E-state index < -0.39 is 6.04 Å². The summed E-state index contributed by atoms with van der Waals surface area (Å²) < 4.78 is 5.43. The summed E-state index contributed by atoms with van der Waals surface area (Å²) in [6.45, 7) is 8.21. The first kappa shape index (κ1) is 13.8. The van der Waals surface area contributed by atoms with Gasteiger partial charge < -0.3 is 15.1 Å². The van der Waals surface area contributed by atoms with Crippen molar-refractivity contribution in [3.8, 4) is 0 Å². The van der Waals surface area contributed by atoms with Gasteiger partial charge in [0.05, 0.1) is 12.6 Å². The van der Waals surface area contributed by atoms with Crippen LogP contribution in [0.15, 0.2) is 16.5 Å². The van der Waals surface area contributed by atoms with Gasteiger partial charge >= 0.3 is 0 Å². The van der Waals surface area contributed by atoms with E-state index in [9.17, 15) is 4.79 Å². The van der Waals surface area contributed by atoms with Gasteiger partial charge in [-0.2, -0.15) is 0 Å². The Balaban J connectivity index is 2.65. The Labute approximate surface area is 103 Å². The molecule has 1 aromatic heterocycles. The van der Waals surface area contributed by atoms with Gasteiger partial charge in [0.1, 0.15) is 11.5 Å². The van der Waals surface area contributed by atoms with E-state index in [0.29, 0.717) is 6.54 Å². The lowest BCUT2D eigenvalue weighted by atomic mass is 9.86. The second-order valence-electron chi connectivity index (χ2n) is 5.55. The molecule has 4 nitrogen and oxygen atoms in total. The molecule has 0 aliphatic carbocycles. The monoisotopic (exact) mass is 238 g/mol. The highest BCUT2D eigenvalue weighted by atomic mass is 16.3. The maximum Gasteiger partial charge on any atom is 0.240 e. The number of amides is 1. The Bertz CT molecular complexity index is 390. The van der Waals surface area contributed by atoms with Crippen molar-refractivity contribution in [1.29, 1.82) is 0 Å². The molecule has 2 N–H and O–H groups in total. The summed E-state index contributed by atoms with van der Waals surface area (Å²) >= 11 is 0. The summed E-state index contributed by atoms with van der Waals surface area (Å²) in [5.74, 6) is 1.56. The van der Waals surface area contributed by atoms with E-state index in [2.05, 4.69) is 0 Å². The van der Waals surface area contributed by atoms with E-state index in [1.165, 1.54) is 0 Å². The zero-order chi connectivity index (χ0) is 13.2. The molecule has 0 fully saturated rings. The smallest absolute Gasteiger partial charge is 0.240 e. The largest absolute Gasteiger partial charge is 0.464 e. The number of carbonyl (C=O) groups is 1. The van der Waals surface area contributed by atoms with Crippen molar-refractivity contribution in [2.24, 2.45) is 11.1 Å². The Kier molecular flexibility index (Phi) is 3.98. The van der Waals surface area contributed by atoms with Crippen LogP contribution in [0, 0.1) is 12.3 Å². The Morgan fingerprint density at radius 3 is 2.47 bits per heavy atom. The van der Waals surface area contributed by atoms with Crippen molar-refractivity contribution in [1.82, 2.24) is 4.90 Å². The highest BCUT2D eigenvalue weighted by molar-refractivity contribution is 5.82. The maximum atomic E-state index is 12.1. The third-order valence-corrected chi connectivity index (χ3v) is 2.76. The molecule has 0 saturated carbocycles. The van der Waals surface area contributed by atoms with Gasteiger partial charge in [-0.05, 0) is 24.5 Å². The minimum absolute atomic E-state index is 0.0634. The van der Waals surface area contributed by atoms with Crippen LogP contribution in [0.4, 0.5) is 0 Å². The molecule has 1 rings (SSSR count). The van der Waals surface area contributed by atoms with Crippen LogP contribution >= 0.6 is 0 Å². The first-order valence-corrected chi connectivity index (χ1v) is 5.77. The zero-order valence-corrected chi connectivity index (χ0v) is 11.3. The lowest BCUT2D eigenvalue weighted by molar-refractivity contribution is -0.134. The average molecular weight is 238 g/mol. The van der Waals surface area contributed by atoms with Crippen LogP contribution in [0.1, 0.15) is 32.3 Å². The molecule has 1 heterocycles. The molecule has 1 amide bonds. The van der Waals surface area contributed by atoms with E-state index >= 15 is 0 Å². The van der Waals surface area contributed by atoms with Crippen molar-refractivity contribution >= 4 is 5.91 Å². The Morgan fingerprint density at radius 1 is 1.47 bits per heavy atom. The molecule has 1 atom stereocenters. The van der Waals surface area contributed by atoms with Crippen molar-refractivity contribution in [3.63, 3.8) is 0 Å². The van der Waals surface area contributed by atoms with Gasteiger partial charge in [-0.3, -0.25) is 4.79 Å². The first-order chi connectivity index (χ1) is 7.71. The first-order valence-electron chi connectivity index (χ1n) is 5.77. The van der Waals surface area contributed by atoms with Crippen LogP contribution < -0.4 is 5.73 Å². The number of aryl methyl sites for hydroxylation is 1. The van der Waals surface area contributed by atoms with E-state index in [1.54, 1.807) is 11.9 Å². The molecule has 1 aromatic rings. The number of nitrogens with zero attached hydrogens (tertiary/aromatic N) is 1. The third-order valence-electron chi connectivity index (χ3n) is 2.76. The molecule has 0 spiro atoms. The van der Waals surface area contributed by atoms with E-state index in [-0.39, 0.29) is 11.3 Å². The molecule has 0 radical (unpaired) electrons. The fourth-order valence-electron chi connectivity index (χ4n) is 1.49. The van der Waals surface area contributed by atoms with Crippen molar-refractivity contribution < 1.29 is 9.21 Å². The molecule has 1 unspecified atom stereocenters. The number of furan rings is 1. The topological polar surface area (TPSA) is 59.5 Å². The average Bonchev–Trinajstić information content (AvgIpc) is 2.60. The fraction of sp³-hybridized carbons (Fsp3) is 0.615. The van der Waals surface area contributed by atoms with Crippen molar-refractivity contribution in [2.45, 2.75) is 40.3 Å². The Hall–Kier alpha value is -1.29. The maximum absolute atomic E-state index is 12.1. The van der Waals surface area contributed by atoms with Crippen LogP contribution in [0.5, 0.6) is 0 Å². The van der Waals surface area contributed by atoms with Gasteiger partial charge in [-0.25, -0.2) is 0 Å². The summed E-state index contributed by atoms with van der Waals surface area (Å²) in [6.07, 6.45) is 0. The van der Waals surface area contributed by atoms with Gasteiger partial charge in [-0.15, -0.1) is 0 Å². The highest BCUT2D eigenvalue weighted by Crippen LogP contribution is 2.19. The predicted octanol–water partition coefficient (Wildman–Crippen LogP) is 1.92. The summed E-state index contributed by atoms with van der Waals surface area (Å²) in [5.41, 5.74) is 5.70. The molecule has 0 aliphatic heterocycles. The molecular formula is C13H22N2O2. The second-order valence-corrected chi connectivity index (χ2v) is 5.55. The number of hydrogen-bond acceptors (Lipinski definition) is 3. The van der Waals surface area contributed by atoms with E-state index in [4.69, 9.17) is 10.2 Å². The molecule has 4 heteroatoms. The molecule has 0 bridgehead atoms. The number of nitrogens with two attached hydrogens (primary N) is 1. The van der Waals surface area contributed by atoms with Crippen LogP contribution in [0.25, 0.3) is 0 Å². The predicted molar refractivity (Wildman–Crippen MR) is 67.3 cm³/mol. The van der Waals surface area contributed by atoms with Gasteiger partial charge in [0.25, 0.3) is 0 Å². The highest BCUT2D eigenvalue weighted by Gasteiger charge is 2.29. The quantitative estimate of drug-likeness (QED) is 0.875.